The maximum absolute atomic E-state index is 11.3. The van der Waals surface area contributed by atoms with E-state index in [1.165, 1.54) is 5.56 Å². The van der Waals surface area contributed by atoms with E-state index in [1.54, 1.807) is 7.05 Å². The summed E-state index contributed by atoms with van der Waals surface area (Å²) in [6.07, 6.45) is 2.26. The largest absolute Gasteiger partial charge is 0.331 e. The van der Waals surface area contributed by atoms with Gasteiger partial charge in [0.1, 0.15) is 5.82 Å². The lowest BCUT2D eigenvalue weighted by molar-refractivity contribution is -0.122. The molecule has 1 heterocycles. The normalized spacial score (nSPS) is 10.9. The molecule has 5 nitrogen and oxygen atoms in total. The van der Waals surface area contributed by atoms with Gasteiger partial charge >= 0.3 is 0 Å². The molecule has 102 valence electrons. The zero-order valence-electron chi connectivity index (χ0n) is 11.7. The number of fused-ring (bicyclic) bond motifs is 1. The molecule has 0 aliphatic heterocycles. The summed E-state index contributed by atoms with van der Waals surface area (Å²) >= 11 is 0. The molecule has 0 radical (unpaired) electrons. The van der Waals surface area contributed by atoms with Crippen LogP contribution in [-0.4, -0.2) is 22.5 Å². The molecule has 0 bridgehead atoms. The second-order valence-corrected chi connectivity index (χ2v) is 4.69. The minimum atomic E-state index is 0.0252. The minimum Gasteiger partial charge on any atom is -0.331 e. The summed E-state index contributed by atoms with van der Waals surface area (Å²) in [5, 5.41) is 0. The molecule has 0 spiro atoms. The van der Waals surface area contributed by atoms with Gasteiger partial charge in [0.2, 0.25) is 5.91 Å². The van der Waals surface area contributed by atoms with E-state index in [2.05, 4.69) is 38.6 Å². The number of carbonyl (C=O) groups excluding carboxylic acids is 1. The highest BCUT2D eigenvalue weighted by molar-refractivity contribution is 5.77. The van der Waals surface area contributed by atoms with Crippen LogP contribution >= 0.6 is 0 Å². The van der Waals surface area contributed by atoms with Crippen molar-refractivity contribution in [2.75, 3.05) is 7.05 Å². The summed E-state index contributed by atoms with van der Waals surface area (Å²) in [4.78, 5) is 15.8. The van der Waals surface area contributed by atoms with E-state index in [4.69, 9.17) is 0 Å². The zero-order chi connectivity index (χ0) is 13.8. The van der Waals surface area contributed by atoms with Gasteiger partial charge in [-0.3, -0.25) is 10.2 Å². The molecule has 0 aliphatic carbocycles. The second kappa shape index (κ2) is 5.84. The maximum atomic E-state index is 11.3. The lowest BCUT2D eigenvalue weighted by Crippen LogP contribution is -2.33. The van der Waals surface area contributed by atoms with Crippen LogP contribution in [0.2, 0.25) is 0 Å². The number of amides is 1. The number of benzene rings is 1. The predicted octanol–water partition coefficient (Wildman–Crippen LogP) is 1.46. The predicted molar refractivity (Wildman–Crippen MR) is 75.6 cm³/mol. The summed E-state index contributed by atoms with van der Waals surface area (Å²) in [5.41, 5.74) is 8.60. The fourth-order valence-electron chi connectivity index (χ4n) is 2.18. The Kier molecular flexibility index (Phi) is 4.16. The highest BCUT2D eigenvalue weighted by Gasteiger charge is 2.05. The van der Waals surface area contributed by atoms with Crippen LogP contribution in [0.1, 0.15) is 24.2 Å². The van der Waals surface area contributed by atoms with Gasteiger partial charge in [-0.15, -0.1) is 0 Å². The molecule has 0 saturated heterocycles. The monoisotopic (exact) mass is 260 g/mol. The van der Waals surface area contributed by atoms with Gasteiger partial charge in [0, 0.05) is 20.5 Å². The molecule has 1 amide bonds. The Morgan fingerprint density at radius 2 is 2.21 bits per heavy atom. The van der Waals surface area contributed by atoms with Crippen molar-refractivity contribution in [2.45, 2.75) is 26.2 Å². The molecule has 0 atom stereocenters. The molecule has 1 aromatic heterocycles. The van der Waals surface area contributed by atoms with Gasteiger partial charge in [-0.25, -0.2) is 10.4 Å². The number of hydrazine groups is 1. The molecule has 0 fully saturated rings. The lowest BCUT2D eigenvalue weighted by atomic mass is 10.1. The first-order valence-corrected chi connectivity index (χ1v) is 6.49. The quantitative estimate of drug-likeness (QED) is 0.800. The first-order valence-electron chi connectivity index (χ1n) is 6.49. The fourth-order valence-corrected chi connectivity index (χ4v) is 2.18. The van der Waals surface area contributed by atoms with E-state index in [0.29, 0.717) is 6.42 Å². The number of imidazole rings is 1. The average molecular weight is 260 g/mol. The van der Waals surface area contributed by atoms with Crippen LogP contribution in [0.5, 0.6) is 0 Å². The van der Waals surface area contributed by atoms with Gasteiger partial charge in [-0.05, 0) is 37.5 Å². The number of hydrogen-bond acceptors (Lipinski definition) is 3. The zero-order valence-corrected chi connectivity index (χ0v) is 11.7. The van der Waals surface area contributed by atoms with Crippen LogP contribution < -0.4 is 10.9 Å². The number of nitrogens with zero attached hydrogens (tertiary/aromatic N) is 2. The van der Waals surface area contributed by atoms with Crippen molar-refractivity contribution in [3.8, 4) is 0 Å². The van der Waals surface area contributed by atoms with Crippen LogP contribution in [-0.2, 0) is 18.3 Å². The van der Waals surface area contributed by atoms with Crippen molar-refractivity contribution >= 4 is 16.9 Å². The summed E-state index contributed by atoms with van der Waals surface area (Å²) in [6, 6.07) is 6.32. The number of hydrogen-bond donors (Lipinski definition) is 2. The Labute approximate surface area is 113 Å². The molecular formula is C14H20N4O. The van der Waals surface area contributed by atoms with Gasteiger partial charge < -0.3 is 4.57 Å². The minimum absolute atomic E-state index is 0.0252. The third-order valence-electron chi connectivity index (χ3n) is 3.30. The third-order valence-corrected chi connectivity index (χ3v) is 3.30. The molecule has 2 rings (SSSR count). The molecule has 2 aromatic rings. The summed E-state index contributed by atoms with van der Waals surface area (Å²) in [5.74, 6) is 1.04. The molecule has 0 unspecified atom stereocenters. The molecular weight excluding hydrogens is 240 g/mol. The Morgan fingerprint density at radius 3 is 2.95 bits per heavy atom. The smallest absolute Gasteiger partial charge is 0.234 e. The Hall–Kier alpha value is -1.88. The van der Waals surface area contributed by atoms with Crippen molar-refractivity contribution in [2.24, 2.45) is 7.05 Å². The SMILES string of the molecule is CNNC(=O)CCCc1ccc2c(c1)nc(C)n2C. The number of aryl methyl sites for hydroxylation is 3. The van der Waals surface area contributed by atoms with Crippen molar-refractivity contribution in [1.82, 2.24) is 20.4 Å². The molecule has 0 aliphatic rings. The average Bonchev–Trinajstić information content (AvgIpc) is 2.65. The molecule has 5 heteroatoms. The summed E-state index contributed by atoms with van der Waals surface area (Å²) in [7, 11) is 3.71. The second-order valence-electron chi connectivity index (χ2n) is 4.69. The third kappa shape index (κ3) is 3.12. The van der Waals surface area contributed by atoms with E-state index in [1.807, 2.05) is 14.0 Å². The van der Waals surface area contributed by atoms with Gasteiger partial charge in [0.25, 0.3) is 0 Å². The fraction of sp³-hybridized carbons (Fsp3) is 0.429. The van der Waals surface area contributed by atoms with Gasteiger partial charge in [0.05, 0.1) is 11.0 Å². The summed E-state index contributed by atoms with van der Waals surface area (Å²) in [6.45, 7) is 2.00. The maximum Gasteiger partial charge on any atom is 0.234 e. The lowest BCUT2D eigenvalue weighted by Gasteiger charge is -2.03. The van der Waals surface area contributed by atoms with E-state index in [0.717, 1.165) is 29.7 Å². The Balaban J connectivity index is 2.00. The first kappa shape index (κ1) is 13.5. The van der Waals surface area contributed by atoms with E-state index in [9.17, 15) is 4.79 Å². The van der Waals surface area contributed by atoms with Crippen LogP contribution in [0.3, 0.4) is 0 Å². The van der Waals surface area contributed by atoms with E-state index < -0.39 is 0 Å². The molecule has 2 N–H and O–H groups in total. The van der Waals surface area contributed by atoms with Crippen molar-refractivity contribution in [1.29, 1.82) is 0 Å². The molecule has 19 heavy (non-hydrogen) atoms. The van der Waals surface area contributed by atoms with E-state index >= 15 is 0 Å². The van der Waals surface area contributed by atoms with E-state index in [-0.39, 0.29) is 5.91 Å². The Bertz CT molecular complexity index is 588. The molecule has 1 aromatic carbocycles. The Morgan fingerprint density at radius 1 is 1.42 bits per heavy atom. The van der Waals surface area contributed by atoms with Crippen molar-refractivity contribution in [3.63, 3.8) is 0 Å². The molecule has 0 saturated carbocycles. The van der Waals surface area contributed by atoms with Gasteiger partial charge in [0.15, 0.2) is 0 Å². The van der Waals surface area contributed by atoms with Gasteiger partial charge in [-0.2, -0.15) is 0 Å². The van der Waals surface area contributed by atoms with Crippen molar-refractivity contribution < 1.29 is 4.79 Å². The number of aromatic nitrogens is 2. The van der Waals surface area contributed by atoms with Crippen molar-refractivity contribution in [3.05, 3.63) is 29.6 Å². The number of carbonyl (C=O) groups is 1. The topological polar surface area (TPSA) is 58.9 Å². The number of nitrogens with one attached hydrogen (secondary N) is 2. The summed E-state index contributed by atoms with van der Waals surface area (Å²) < 4.78 is 2.08. The van der Waals surface area contributed by atoms with Crippen LogP contribution in [0.25, 0.3) is 11.0 Å². The first-order chi connectivity index (χ1) is 9.11. The standard InChI is InChI=1S/C14H20N4O/c1-10-16-12-9-11(7-8-13(12)18(10)3)5-4-6-14(19)17-15-2/h7-9,15H,4-6H2,1-3H3,(H,17,19). The van der Waals surface area contributed by atoms with Crippen LogP contribution in [0, 0.1) is 6.92 Å². The van der Waals surface area contributed by atoms with Crippen LogP contribution in [0.15, 0.2) is 18.2 Å². The van der Waals surface area contributed by atoms with Gasteiger partial charge in [-0.1, -0.05) is 6.07 Å². The van der Waals surface area contributed by atoms with Crippen LogP contribution in [0.4, 0.5) is 0 Å². The number of rotatable bonds is 5. The highest BCUT2D eigenvalue weighted by atomic mass is 16.2. The highest BCUT2D eigenvalue weighted by Crippen LogP contribution is 2.17.